The van der Waals surface area contributed by atoms with Gasteiger partial charge in [0.2, 0.25) is 0 Å². The lowest BCUT2D eigenvalue weighted by molar-refractivity contribution is 0.277. The minimum atomic E-state index is 0. The molecule has 3 aliphatic carbocycles. The van der Waals surface area contributed by atoms with Gasteiger partial charge in [-0.1, -0.05) is 0 Å². The fraction of sp³-hybridized carbons (Fsp3) is 1.00. The van der Waals surface area contributed by atoms with Crippen LogP contribution in [-0.2, 0) is 0 Å². The van der Waals surface area contributed by atoms with Crippen molar-refractivity contribution < 1.29 is 0 Å². The third kappa shape index (κ3) is 0.968. The Labute approximate surface area is 62.4 Å². The summed E-state index contributed by atoms with van der Waals surface area (Å²) in [5.74, 6) is 3.05. The minimum Gasteiger partial charge on any atom is -0.330 e. The van der Waals surface area contributed by atoms with Gasteiger partial charge in [0.05, 0.1) is 0 Å². The Morgan fingerprint density at radius 3 is 2.11 bits per heavy atom. The van der Waals surface area contributed by atoms with Crippen molar-refractivity contribution in [3.63, 3.8) is 0 Å². The Balaban J connectivity index is 0.000000405. The Hall–Kier alpha value is 0.250. The summed E-state index contributed by atoms with van der Waals surface area (Å²) in [6.07, 6.45) is 4.45. The fourth-order valence-electron chi connectivity index (χ4n) is 2.27. The summed E-state index contributed by atoms with van der Waals surface area (Å²) in [6.45, 7) is 0.946. The molecule has 2 bridgehead atoms. The topological polar surface area (TPSA) is 26.0 Å². The number of hydrogen-bond donors (Lipinski definition) is 1. The third-order valence-electron chi connectivity index (χ3n) is 2.88. The van der Waals surface area contributed by atoms with E-state index in [2.05, 4.69) is 0 Å². The standard InChI is InChI=1S/C7H13N.ClH/c8-4-7-3-5-1-6(7)2-5;/h5-7H,1-4,8H2;1H. The molecule has 3 saturated carbocycles. The van der Waals surface area contributed by atoms with Gasteiger partial charge in [-0.15, -0.1) is 12.4 Å². The van der Waals surface area contributed by atoms with Gasteiger partial charge in [0.25, 0.3) is 0 Å². The Morgan fingerprint density at radius 2 is 1.89 bits per heavy atom. The van der Waals surface area contributed by atoms with Crippen LogP contribution in [0.2, 0.25) is 0 Å². The molecule has 1 unspecified atom stereocenters. The van der Waals surface area contributed by atoms with Crippen molar-refractivity contribution in [1.29, 1.82) is 0 Å². The molecule has 0 amide bonds. The molecule has 2 heteroatoms. The average Bonchev–Trinajstić information content (AvgIpc) is 2.15. The predicted octanol–water partition coefficient (Wildman–Crippen LogP) is 1.41. The lowest BCUT2D eigenvalue weighted by Gasteiger charge is -2.23. The van der Waals surface area contributed by atoms with Gasteiger partial charge in [0.15, 0.2) is 0 Å². The summed E-state index contributed by atoms with van der Waals surface area (Å²) in [6, 6.07) is 0. The maximum absolute atomic E-state index is 5.55. The van der Waals surface area contributed by atoms with Crippen LogP contribution >= 0.6 is 12.4 Å². The number of nitrogens with two attached hydrogens (primary N) is 1. The van der Waals surface area contributed by atoms with Gasteiger partial charge in [-0.3, -0.25) is 0 Å². The molecule has 0 heterocycles. The smallest absolute Gasteiger partial charge is 0.00461 e. The second-order valence-electron chi connectivity index (χ2n) is 3.33. The zero-order valence-corrected chi connectivity index (χ0v) is 6.36. The SMILES string of the molecule is Cl.NCC1CC2CC1C2. The van der Waals surface area contributed by atoms with E-state index in [1.54, 1.807) is 0 Å². The van der Waals surface area contributed by atoms with Crippen LogP contribution in [0.4, 0.5) is 0 Å². The van der Waals surface area contributed by atoms with E-state index in [1.807, 2.05) is 0 Å². The summed E-state index contributed by atoms with van der Waals surface area (Å²) in [7, 11) is 0. The van der Waals surface area contributed by atoms with Crippen LogP contribution < -0.4 is 5.73 Å². The van der Waals surface area contributed by atoms with Gasteiger partial charge in [-0.05, 0) is 43.6 Å². The van der Waals surface area contributed by atoms with Crippen molar-refractivity contribution in [3.05, 3.63) is 0 Å². The van der Waals surface area contributed by atoms with Crippen molar-refractivity contribution in [3.8, 4) is 0 Å². The molecular formula is C7H14ClN. The van der Waals surface area contributed by atoms with Crippen LogP contribution in [0.1, 0.15) is 19.3 Å². The van der Waals surface area contributed by atoms with Crippen LogP contribution in [0.5, 0.6) is 0 Å². The Bertz CT molecular complexity index is 99.1. The molecule has 9 heavy (non-hydrogen) atoms. The first-order valence-electron chi connectivity index (χ1n) is 3.60. The maximum atomic E-state index is 5.55. The molecule has 3 aliphatic rings. The van der Waals surface area contributed by atoms with Gasteiger partial charge in [0, 0.05) is 0 Å². The van der Waals surface area contributed by atoms with E-state index >= 15 is 0 Å². The van der Waals surface area contributed by atoms with E-state index in [1.165, 1.54) is 19.3 Å². The number of hydrogen-bond acceptors (Lipinski definition) is 1. The van der Waals surface area contributed by atoms with Gasteiger partial charge in [-0.25, -0.2) is 0 Å². The average molecular weight is 148 g/mol. The highest BCUT2D eigenvalue weighted by Crippen LogP contribution is 2.51. The van der Waals surface area contributed by atoms with E-state index in [-0.39, 0.29) is 12.4 Å². The second-order valence-corrected chi connectivity index (χ2v) is 3.33. The molecule has 0 saturated heterocycles. The van der Waals surface area contributed by atoms with Gasteiger partial charge < -0.3 is 5.73 Å². The molecule has 2 N–H and O–H groups in total. The number of fused-ring (bicyclic) bond motifs is 1. The van der Waals surface area contributed by atoms with Crippen LogP contribution in [-0.4, -0.2) is 6.54 Å². The zero-order valence-electron chi connectivity index (χ0n) is 5.55. The molecule has 1 atom stereocenters. The molecule has 1 nitrogen and oxygen atoms in total. The minimum absolute atomic E-state index is 0. The molecule has 0 aromatic rings. The molecule has 3 rings (SSSR count). The highest BCUT2D eigenvalue weighted by Gasteiger charge is 2.42. The maximum Gasteiger partial charge on any atom is -0.00461 e. The summed E-state index contributed by atoms with van der Waals surface area (Å²) in [5.41, 5.74) is 5.55. The summed E-state index contributed by atoms with van der Waals surface area (Å²) < 4.78 is 0. The lowest BCUT2D eigenvalue weighted by atomic mass is 9.83. The molecule has 0 aliphatic heterocycles. The van der Waals surface area contributed by atoms with Crippen molar-refractivity contribution in [2.45, 2.75) is 19.3 Å². The predicted molar refractivity (Wildman–Crippen MR) is 40.6 cm³/mol. The van der Waals surface area contributed by atoms with E-state index < -0.39 is 0 Å². The van der Waals surface area contributed by atoms with E-state index in [9.17, 15) is 0 Å². The van der Waals surface area contributed by atoms with Crippen LogP contribution in [0.25, 0.3) is 0 Å². The molecule has 0 radical (unpaired) electrons. The van der Waals surface area contributed by atoms with E-state index in [0.717, 1.165) is 24.3 Å². The molecule has 3 fully saturated rings. The van der Waals surface area contributed by atoms with Gasteiger partial charge >= 0.3 is 0 Å². The van der Waals surface area contributed by atoms with Crippen molar-refractivity contribution in [2.24, 2.45) is 23.5 Å². The molecule has 0 aromatic heterocycles. The highest BCUT2D eigenvalue weighted by molar-refractivity contribution is 5.85. The summed E-state index contributed by atoms with van der Waals surface area (Å²) in [5, 5.41) is 0. The molecular weight excluding hydrogens is 134 g/mol. The van der Waals surface area contributed by atoms with Crippen LogP contribution in [0.3, 0.4) is 0 Å². The quantitative estimate of drug-likeness (QED) is 0.597. The first-order valence-corrected chi connectivity index (χ1v) is 3.60. The van der Waals surface area contributed by atoms with Crippen LogP contribution in [0, 0.1) is 17.8 Å². The summed E-state index contributed by atoms with van der Waals surface area (Å²) >= 11 is 0. The highest BCUT2D eigenvalue weighted by atomic mass is 35.5. The monoisotopic (exact) mass is 147 g/mol. The van der Waals surface area contributed by atoms with Crippen molar-refractivity contribution >= 4 is 12.4 Å². The van der Waals surface area contributed by atoms with Crippen molar-refractivity contribution in [1.82, 2.24) is 0 Å². The number of rotatable bonds is 1. The first kappa shape index (κ1) is 7.36. The molecule has 0 spiro atoms. The zero-order chi connectivity index (χ0) is 5.56. The first-order chi connectivity index (χ1) is 3.90. The second kappa shape index (κ2) is 2.47. The van der Waals surface area contributed by atoms with Crippen LogP contribution in [0.15, 0.2) is 0 Å². The molecule has 0 aromatic carbocycles. The van der Waals surface area contributed by atoms with Crippen molar-refractivity contribution in [2.75, 3.05) is 6.54 Å². The Kier molecular flexibility index (Phi) is 2.02. The summed E-state index contributed by atoms with van der Waals surface area (Å²) in [4.78, 5) is 0. The normalized spacial score (nSPS) is 45.7. The van der Waals surface area contributed by atoms with Gasteiger partial charge in [-0.2, -0.15) is 0 Å². The van der Waals surface area contributed by atoms with E-state index in [0.29, 0.717) is 0 Å². The van der Waals surface area contributed by atoms with E-state index in [4.69, 9.17) is 5.73 Å². The molecule has 54 valence electrons. The Morgan fingerprint density at radius 1 is 1.22 bits per heavy atom. The number of halogens is 1. The van der Waals surface area contributed by atoms with Gasteiger partial charge in [0.1, 0.15) is 0 Å². The largest absolute Gasteiger partial charge is 0.330 e. The fourth-order valence-corrected chi connectivity index (χ4v) is 2.27. The lowest BCUT2D eigenvalue weighted by Crippen LogP contribution is -2.19. The third-order valence-corrected chi connectivity index (χ3v) is 2.88.